The van der Waals surface area contributed by atoms with E-state index in [1.54, 1.807) is 20.3 Å². The minimum Gasteiger partial charge on any atom is -0.371 e. The van der Waals surface area contributed by atoms with Crippen LogP contribution in [0.2, 0.25) is 0 Å². The third-order valence-corrected chi connectivity index (χ3v) is 5.17. The smallest absolute Gasteiger partial charge is 0.195 e. The lowest BCUT2D eigenvalue weighted by Crippen LogP contribution is -2.53. The molecule has 2 aliphatic heterocycles. The van der Waals surface area contributed by atoms with Crippen LogP contribution in [0.5, 0.6) is 0 Å². The lowest BCUT2D eigenvalue weighted by Gasteiger charge is -2.42. The summed E-state index contributed by atoms with van der Waals surface area (Å²) >= 11 is 0. The summed E-state index contributed by atoms with van der Waals surface area (Å²) in [5.74, 6) is -0.782. The molecule has 6 heteroatoms. The Morgan fingerprint density at radius 1 is 1.22 bits per heavy atom. The van der Waals surface area contributed by atoms with Crippen molar-refractivity contribution >= 4 is 0 Å². The van der Waals surface area contributed by atoms with E-state index in [2.05, 4.69) is 18.7 Å². The van der Waals surface area contributed by atoms with Crippen LogP contribution in [0.3, 0.4) is 0 Å². The second kappa shape index (κ2) is 9.78. The zero-order chi connectivity index (χ0) is 19.1. The first-order chi connectivity index (χ1) is 13.2. The van der Waals surface area contributed by atoms with Gasteiger partial charge in [0.05, 0.1) is 25.9 Å². The molecule has 2 bridgehead atoms. The molecule has 150 valence electrons. The van der Waals surface area contributed by atoms with Gasteiger partial charge < -0.3 is 28.4 Å². The molecule has 0 radical (unpaired) electrons. The van der Waals surface area contributed by atoms with Crippen molar-refractivity contribution in [2.24, 2.45) is 0 Å². The molecule has 2 aliphatic rings. The van der Waals surface area contributed by atoms with Crippen molar-refractivity contribution in [3.05, 3.63) is 48.6 Å². The number of fused-ring (bicyclic) bond motifs is 2. The Kier molecular flexibility index (Phi) is 7.41. The van der Waals surface area contributed by atoms with E-state index >= 15 is 0 Å². The minimum absolute atomic E-state index is 0.0729. The third kappa shape index (κ3) is 4.96. The number of benzene rings is 1. The van der Waals surface area contributed by atoms with Crippen molar-refractivity contribution < 1.29 is 28.4 Å². The highest BCUT2D eigenvalue weighted by Gasteiger charge is 2.56. The topological polar surface area (TPSA) is 55.4 Å². The molecule has 27 heavy (non-hydrogen) atoms. The van der Waals surface area contributed by atoms with Crippen molar-refractivity contribution in [3.63, 3.8) is 0 Å². The third-order valence-electron chi connectivity index (χ3n) is 5.17. The second-order valence-corrected chi connectivity index (χ2v) is 6.90. The van der Waals surface area contributed by atoms with Gasteiger partial charge in [0.25, 0.3) is 0 Å². The summed E-state index contributed by atoms with van der Waals surface area (Å²) in [5, 5.41) is 0. The second-order valence-electron chi connectivity index (χ2n) is 6.90. The van der Waals surface area contributed by atoms with Gasteiger partial charge in [-0.2, -0.15) is 0 Å². The standard InChI is InChI=1S/C21H30O6/c1-4-12-24-19-13-17(25-14-16-8-6-5-7-9-16)18-15-26-21(19,27-18)11-10-20(22-2)23-3/h4-9,17-20H,1,10-15H2,2-3H3/t17-,18+,19+,21?/m0/s1. The molecular formula is C21H30O6. The number of methoxy groups -OCH3 is 2. The van der Waals surface area contributed by atoms with Crippen LogP contribution in [0.1, 0.15) is 24.8 Å². The number of rotatable bonds is 11. The molecule has 4 atom stereocenters. The molecule has 0 amide bonds. The lowest BCUT2D eigenvalue weighted by molar-refractivity contribution is -0.284. The molecule has 3 rings (SSSR count). The molecule has 0 N–H and O–H groups in total. The Labute approximate surface area is 161 Å². The van der Waals surface area contributed by atoms with E-state index in [-0.39, 0.29) is 24.6 Å². The molecule has 6 nitrogen and oxygen atoms in total. The van der Waals surface area contributed by atoms with Gasteiger partial charge in [-0.15, -0.1) is 6.58 Å². The molecule has 0 aromatic heterocycles. The summed E-state index contributed by atoms with van der Waals surface area (Å²) < 4.78 is 35.2. The maximum Gasteiger partial charge on any atom is 0.195 e. The van der Waals surface area contributed by atoms with E-state index < -0.39 is 5.79 Å². The predicted octanol–water partition coefficient (Wildman–Crippen LogP) is 3.06. The summed E-state index contributed by atoms with van der Waals surface area (Å²) in [6, 6.07) is 10.1. The lowest BCUT2D eigenvalue weighted by atomic mass is 9.94. The van der Waals surface area contributed by atoms with Crippen LogP contribution in [-0.4, -0.2) is 57.8 Å². The fourth-order valence-electron chi connectivity index (χ4n) is 3.72. The fourth-order valence-corrected chi connectivity index (χ4v) is 3.72. The highest BCUT2D eigenvalue weighted by Crippen LogP contribution is 2.43. The molecule has 0 spiro atoms. The van der Waals surface area contributed by atoms with Gasteiger partial charge in [0.15, 0.2) is 12.1 Å². The molecule has 1 aromatic carbocycles. The maximum atomic E-state index is 6.32. The number of hydrogen-bond acceptors (Lipinski definition) is 6. The van der Waals surface area contributed by atoms with Gasteiger partial charge in [0.2, 0.25) is 0 Å². The molecule has 2 heterocycles. The van der Waals surface area contributed by atoms with Crippen molar-refractivity contribution in [2.45, 2.75) is 56.3 Å². The van der Waals surface area contributed by atoms with E-state index in [0.717, 1.165) is 12.0 Å². The van der Waals surface area contributed by atoms with E-state index in [4.69, 9.17) is 28.4 Å². The summed E-state index contributed by atoms with van der Waals surface area (Å²) in [5.41, 5.74) is 1.14. The van der Waals surface area contributed by atoms with Crippen LogP contribution in [0, 0.1) is 0 Å². The largest absolute Gasteiger partial charge is 0.371 e. The molecule has 1 aromatic rings. The average molecular weight is 378 g/mol. The van der Waals surface area contributed by atoms with Crippen molar-refractivity contribution in [1.82, 2.24) is 0 Å². The van der Waals surface area contributed by atoms with Crippen LogP contribution >= 0.6 is 0 Å². The van der Waals surface area contributed by atoms with E-state index in [9.17, 15) is 0 Å². The van der Waals surface area contributed by atoms with Gasteiger partial charge >= 0.3 is 0 Å². The van der Waals surface area contributed by atoms with Gasteiger partial charge in [-0.3, -0.25) is 0 Å². The van der Waals surface area contributed by atoms with Crippen molar-refractivity contribution in [1.29, 1.82) is 0 Å². The zero-order valence-corrected chi connectivity index (χ0v) is 16.2. The van der Waals surface area contributed by atoms with Gasteiger partial charge in [0.1, 0.15) is 12.2 Å². The van der Waals surface area contributed by atoms with Crippen LogP contribution < -0.4 is 0 Å². The van der Waals surface area contributed by atoms with E-state index in [0.29, 0.717) is 32.7 Å². The highest BCUT2D eigenvalue weighted by atomic mass is 16.8. The van der Waals surface area contributed by atoms with Gasteiger partial charge in [0, 0.05) is 33.5 Å². The van der Waals surface area contributed by atoms with E-state index in [1.165, 1.54) is 0 Å². The fraction of sp³-hybridized carbons (Fsp3) is 0.619. The van der Waals surface area contributed by atoms with E-state index in [1.807, 2.05) is 18.2 Å². The summed E-state index contributed by atoms with van der Waals surface area (Å²) in [4.78, 5) is 0. The number of ether oxygens (including phenoxy) is 6. The molecular weight excluding hydrogens is 348 g/mol. The van der Waals surface area contributed by atoms with Crippen LogP contribution in [0.15, 0.2) is 43.0 Å². The zero-order valence-electron chi connectivity index (χ0n) is 16.2. The molecule has 1 unspecified atom stereocenters. The minimum atomic E-state index is -0.782. The van der Waals surface area contributed by atoms with Gasteiger partial charge in [-0.1, -0.05) is 36.4 Å². The Hall–Kier alpha value is -1.28. The average Bonchev–Trinajstić information content (AvgIpc) is 3.09. The Morgan fingerprint density at radius 3 is 2.70 bits per heavy atom. The van der Waals surface area contributed by atoms with Crippen molar-refractivity contribution in [2.75, 3.05) is 27.4 Å². The Bertz CT molecular complexity index is 575. The highest BCUT2D eigenvalue weighted by molar-refractivity contribution is 5.13. The van der Waals surface area contributed by atoms with Crippen LogP contribution in [0.4, 0.5) is 0 Å². The Morgan fingerprint density at radius 2 is 2.00 bits per heavy atom. The summed E-state index contributed by atoms with van der Waals surface area (Å²) in [6.45, 7) is 5.23. The normalized spacial score (nSPS) is 30.0. The molecule has 0 aliphatic carbocycles. The predicted molar refractivity (Wildman–Crippen MR) is 100 cm³/mol. The summed E-state index contributed by atoms with van der Waals surface area (Å²) in [6.07, 6.45) is 3.04. The first-order valence-electron chi connectivity index (χ1n) is 9.46. The SMILES string of the molecule is C=CCO[C@@H]1C[C@H](OCc2ccccc2)[C@H]2COC1(CCC(OC)OC)O2. The van der Waals surface area contributed by atoms with Crippen molar-refractivity contribution in [3.8, 4) is 0 Å². The summed E-state index contributed by atoms with van der Waals surface area (Å²) in [7, 11) is 3.26. The Balaban J connectivity index is 1.64. The maximum absolute atomic E-state index is 6.32. The van der Waals surface area contributed by atoms with Gasteiger partial charge in [-0.05, 0) is 5.56 Å². The quantitative estimate of drug-likeness (QED) is 0.436. The van der Waals surface area contributed by atoms with Gasteiger partial charge in [-0.25, -0.2) is 0 Å². The molecule has 2 saturated heterocycles. The van der Waals surface area contributed by atoms with Crippen LogP contribution in [-0.2, 0) is 35.0 Å². The van der Waals surface area contributed by atoms with Crippen LogP contribution in [0.25, 0.3) is 0 Å². The first kappa shape index (κ1) is 20.5. The first-order valence-corrected chi connectivity index (χ1v) is 9.46. The number of hydrogen-bond donors (Lipinski definition) is 0. The molecule has 0 saturated carbocycles. The molecule has 2 fully saturated rings. The monoisotopic (exact) mass is 378 g/mol.